The molecule has 1 nitrogen and oxygen atoms in total. The molecular weight excluding hydrogens is 341 g/mol. The summed E-state index contributed by atoms with van der Waals surface area (Å²) in [6, 6.07) is 6.05. The van der Waals surface area contributed by atoms with E-state index < -0.39 is 0 Å². The highest BCUT2D eigenvalue weighted by atomic mass is 79.9. The van der Waals surface area contributed by atoms with Gasteiger partial charge < -0.3 is 0 Å². The smallest absolute Gasteiger partial charge is 0.0462 e. The quantitative estimate of drug-likeness (QED) is 0.711. The van der Waals surface area contributed by atoms with Gasteiger partial charge in [-0.2, -0.15) is 0 Å². The van der Waals surface area contributed by atoms with Crippen molar-refractivity contribution in [1.29, 1.82) is 0 Å². The summed E-state index contributed by atoms with van der Waals surface area (Å²) < 4.78 is 1.03. The van der Waals surface area contributed by atoms with E-state index in [4.69, 9.17) is 11.6 Å². The van der Waals surface area contributed by atoms with E-state index in [1.165, 1.54) is 5.56 Å². The first-order valence-corrected chi connectivity index (χ1v) is 7.19. The Morgan fingerprint density at radius 2 is 2.13 bits per heavy atom. The highest BCUT2D eigenvalue weighted by molar-refractivity contribution is 9.10. The zero-order chi connectivity index (χ0) is 11.3. The molecule has 1 aromatic carbocycles. The average molecular weight is 356 g/mol. The summed E-state index contributed by atoms with van der Waals surface area (Å²) in [5.41, 5.74) is 1.18. The molecule has 0 atom stereocenters. The lowest BCUT2D eigenvalue weighted by atomic mass is 10.2. The van der Waals surface area contributed by atoms with Crippen LogP contribution in [0.25, 0.3) is 0 Å². The number of hydrogen-bond acceptors (Lipinski definition) is 1. The van der Waals surface area contributed by atoms with E-state index in [2.05, 4.69) is 49.7 Å². The number of benzene rings is 1. The van der Waals surface area contributed by atoms with Crippen LogP contribution in [0.1, 0.15) is 12.5 Å². The van der Waals surface area contributed by atoms with Crippen LogP contribution in [0.5, 0.6) is 0 Å². The van der Waals surface area contributed by atoms with Gasteiger partial charge in [0.25, 0.3) is 0 Å². The van der Waals surface area contributed by atoms with Gasteiger partial charge in [0.1, 0.15) is 0 Å². The maximum absolute atomic E-state index is 6.16. The second-order valence-corrected chi connectivity index (χ2v) is 5.41. The largest absolute Gasteiger partial charge is 0.298 e. The first-order chi connectivity index (χ1) is 7.17. The number of halogens is 3. The minimum absolute atomic E-state index is 0.831. The molecule has 0 spiro atoms. The predicted molar refractivity (Wildman–Crippen MR) is 73.9 cm³/mol. The van der Waals surface area contributed by atoms with Gasteiger partial charge in [0.05, 0.1) is 0 Å². The molecule has 0 aromatic heterocycles. The minimum Gasteiger partial charge on any atom is -0.298 e. The normalized spacial score (nSPS) is 11.0. The van der Waals surface area contributed by atoms with E-state index in [-0.39, 0.29) is 0 Å². The van der Waals surface area contributed by atoms with Gasteiger partial charge in [-0.15, -0.1) is 0 Å². The van der Waals surface area contributed by atoms with Crippen molar-refractivity contribution in [2.45, 2.75) is 13.5 Å². The number of alkyl halides is 1. The van der Waals surface area contributed by atoms with E-state index in [9.17, 15) is 0 Å². The standard InChI is InChI=1S/C11H14Br2ClN/c1-2-15(6-5-12)8-9-3-4-10(13)7-11(9)14/h3-4,7H,2,5-6,8H2,1H3. The Balaban J connectivity index is 2.70. The lowest BCUT2D eigenvalue weighted by Gasteiger charge is -2.19. The van der Waals surface area contributed by atoms with Crippen molar-refractivity contribution in [2.75, 3.05) is 18.4 Å². The van der Waals surface area contributed by atoms with Gasteiger partial charge in [0, 0.05) is 27.9 Å². The van der Waals surface area contributed by atoms with Crippen molar-refractivity contribution in [3.63, 3.8) is 0 Å². The Morgan fingerprint density at radius 3 is 2.67 bits per heavy atom. The lowest BCUT2D eigenvalue weighted by Crippen LogP contribution is -2.24. The second-order valence-electron chi connectivity index (χ2n) is 3.29. The average Bonchev–Trinajstić information content (AvgIpc) is 2.21. The fraction of sp³-hybridized carbons (Fsp3) is 0.455. The molecular formula is C11H14Br2ClN. The molecule has 4 heteroatoms. The summed E-state index contributed by atoms with van der Waals surface area (Å²) >= 11 is 13.0. The molecule has 0 heterocycles. The molecule has 0 N–H and O–H groups in total. The van der Waals surface area contributed by atoms with Crippen molar-refractivity contribution in [2.24, 2.45) is 0 Å². The van der Waals surface area contributed by atoms with Crippen molar-refractivity contribution < 1.29 is 0 Å². The summed E-state index contributed by atoms with van der Waals surface area (Å²) in [7, 11) is 0. The van der Waals surface area contributed by atoms with Gasteiger partial charge >= 0.3 is 0 Å². The maximum Gasteiger partial charge on any atom is 0.0462 e. The molecule has 0 unspecified atom stereocenters. The molecule has 0 aliphatic rings. The molecule has 1 rings (SSSR count). The van der Waals surface area contributed by atoms with E-state index >= 15 is 0 Å². The molecule has 0 bridgehead atoms. The van der Waals surface area contributed by atoms with Crippen molar-refractivity contribution in [3.05, 3.63) is 33.3 Å². The predicted octanol–water partition coefficient (Wildman–Crippen LogP) is 4.32. The Bertz CT molecular complexity index is 317. The van der Waals surface area contributed by atoms with Gasteiger partial charge in [-0.25, -0.2) is 0 Å². The van der Waals surface area contributed by atoms with Crippen LogP contribution in [0.4, 0.5) is 0 Å². The monoisotopic (exact) mass is 353 g/mol. The van der Waals surface area contributed by atoms with Crippen LogP contribution in [0.2, 0.25) is 5.02 Å². The van der Waals surface area contributed by atoms with Crippen LogP contribution < -0.4 is 0 Å². The Kier molecular flexibility index (Phi) is 6.20. The van der Waals surface area contributed by atoms with Crippen molar-refractivity contribution >= 4 is 43.5 Å². The molecule has 0 saturated carbocycles. The van der Waals surface area contributed by atoms with Gasteiger partial charge in [0.2, 0.25) is 0 Å². The molecule has 15 heavy (non-hydrogen) atoms. The molecule has 0 aliphatic heterocycles. The van der Waals surface area contributed by atoms with Gasteiger partial charge in [-0.05, 0) is 24.2 Å². The molecule has 0 saturated heterocycles. The summed E-state index contributed by atoms with van der Waals surface area (Å²) in [6.07, 6.45) is 0. The van der Waals surface area contributed by atoms with E-state index in [0.29, 0.717) is 0 Å². The summed E-state index contributed by atoms with van der Waals surface area (Å²) in [4.78, 5) is 2.35. The minimum atomic E-state index is 0.831. The molecule has 84 valence electrons. The van der Waals surface area contributed by atoms with Crippen molar-refractivity contribution in [1.82, 2.24) is 4.90 Å². The molecule has 1 aromatic rings. The third-order valence-corrected chi connectivity index (χ3v) is 3.46. The van der Waals surface area contributed by atoms with E-state index in [1.54, 1.807) is 0 Å². The Morgan fingerprint density at radius 1 is 1.40 bits per heavy atom. The van der Waals surface area contributed by atoms with Gasteiger partial charge in [0.15, 0.2) is 0 Å². The van der Waals surface area contributed by atoms with Crippen LogP contribution in [0.3, 0.4) is 0 Å². The SMILES string of the molecule is CCN(CCBr)Cc1ccc(Br)cc1Cl. The summed E-state index contributed by atoms with van der Waals surface area (Å²) in [5, 5.41) is 1.83. The lowest BCUT2D eigenvalue weighted by molar-refractivity contribution is 0.299. The first kappa shape index (κ1) is 13.5. The zero-order valence-electron chi connectivity index (χ0n) is 8.64. The Hall–Kier alpha value is 0.430. The zero-order valence-corrected chi connectivity index (χ0v) is 12.6. The van der Waals surface area contributed by atoms with Gasteiger partial charge in [-0.3, -0.25) is 4.90 Å². The first-order valence-electron chi connectivity index (χ1n) is 4.89. The van der Waals surface area contributed by atoms with Crippen molar-refractivity contribution in [3.8, 4) is 0 Å². The van der Waals surface area contributed by atoms with Crippen LogP contribution in [0.15, 0.2) is 22.7 Å². The van der Waals surface area contributed by atoms with E-state index in [0.717, 1.165) is 34.5 Å². The van der Waals surface area contributed by atoms with Crippen LogP contribution in [0, 0.1) is 0 Å². The number of hydrogen-bond donors (Lipinski definition) is 0. The highest BCUT2D eigenvalue weighted by Crippen LogP contribution is 2.22. The highest BCUT2D eigenvalue weighted by Gasteiger charge is 2.06. The maximum atomic E-state index is 6.16. The molecule has 0 amide bonds. The van der Waals surface area contributed by atoms with Crippen LogP contribution >= 0.6 is 43.5 Å². The fourth-order valence-corrected chi connectivity index (χ4v) is 2.59. The summed E-state index contributed by atoms with van der Waals surface area (Å²) in [5.74, 6) is 0. The second kappa shape index (κ2) is 6.89. The summed E-state index contributed by atoms with van der Waals surface area (Å²) in [6.45, 7) is 5.16. The Labute approximate surface area is 113 Å². The third kappa shape index (κ3) is 4.43. The van der Waals surface area contributed by atoms with Crippen LogP contribution in [-0.2, 0) is 6.54 Å². The topological polar surface area (TPSA) is 3.24 Å². The molecule has 0 aliphatic carbocycles. The van der Waals surface area contributed by atoms with E-state index in [1.807, 2.05) is 12.1 Å². The molecule has 0 fully saturated rings. The number of nitrogens with zero attached hydrogens (tertiary/aromatic N) is 1. The third-order valence-electron chi connectivity index (χ3n) is 2.26. The molecule has 0 radical (unpaired) electrons. The number of rotatable bonds is 5. The van der Waals surface area contributed by atoms with Gasteiger partial charge in [-0.1, -0.05) is 56.5 Å². The fourth-order valence-electron chi connectivity index (χ4n) is 1.36. The van der Waals surface area contributed by atoms with Crippen LogP contribution in [-0.4, -0.2) is 23.3 Å².